The molecule has 4 aliphatic rings. The Hall–Kier alpha value is -9.34. The van der Waals surface area contributed by atoms with Gasteiger partial charge in [-0.2, -0.15) is 48.8 Å². The molecule has 4 aromatic carbocycles. The van der Waals surface area contributed by atoms with Gasteiger partial charge >= 0.3 is 12.0 Å². The number of hydrogen-bond acceptors (Lipinski definition) is 19. The van der Waals surface area contributed by atoms with Gasteiger partial charge in [0.05, 0.1) is 78.2 Å². The van der Waals surface area contributed by atoms with Gasteiger partial charge in [0.15, 0.2) is 5.71 Å². The number of carbonyl (C=O) groups excluding carboxylic acids is 4. The van der Waals surface area contributed by atoms with E-state index in [2.05, 4.69) is 21.3 Å². The van der Waals surface area contributed by atoms with Crippen molar-refractivity contribution in [2.75, 3.05) is 69.0 Å². The van der Waals surface area contributed by atoms with Gasteiger partial charge in [-0.3, -0.25) is 32.6 Å². The molecule has 0 spiro atoms. The Balaban J connectivity index is 0.871. The van der Waals surface area contributed by atoms with Crippen molar-refractivity contribution in [3.63, 3.8) is 0 Å². The zero-order valence-corrected chi connectivity index (χ0v) is 64.3. The molecule has 0 unspecified atom stereocenters. The van der Waals surface area contributed by atoms with Gasteiger partial charge in [0.2, 0.25) is 23.4 Å². The van der Waals surface area contributed by atoms with Gasteiger partial charge in [-0.15, -0.1) is 0 Å². The molecule has 5 amide bonds. The number of amides is 5. The number of likely N-dealkylation sites (tertiary alicyclic amines) is 1. The van der Waals surface area contributed by atoms with Crippen LogP contribution in [0.1, 0.15) is 126 Å². The number of alkyl halides is 2. The normalized spacial score (nSPS) is 18.0. The monoisotopic (exact) mass is 1610 g/mol. The molecule has 8 rings (SSSR count). The first-order valence-electron chi connectivity index (χ1n) is 35.4. The van der Waals surface area contributed by atoms with Gasteiger partial charge in [0.25, 0.3) is 46.4 Å². The Morgan fingerprint density at radius 1 is 0.700 bits per heavy atom. The van der Waals surface area contributed by atoms with Crippen LogP contribution in [0.2, 0.25) is 0 Å². The molecule has 4 aromatic rings. The summed E-state index contributed by atoms with van der Waals surface area (Å²) in [6, 6.07) is 20.8. The van der Waals surface area contributed by atoms with Gasteiger partial charge in [-0.1, -0.05) is 56.3 Å². The Labute approximate surface area is 637 Å². The highest BCUT2D eigenvalue weighted by atomic mass is 32.2. The summed E-state index contributed by atoms with van der Waals surface area (Å²) in [7, 11) is -17.8. The van der Waals surface area contributed by atoms with Crippen molar-refractivity contribution in [1.82, 2.24) is 26.2 Å². The smallest absolute Gasteiger partial charge is 0.326 e. The number of nitrogens with one attached hydrogen (secondary N) is 4. The number of allylic oxidation sites excluding steroid dienone is 7. The van der Waals surface area contributed by atoms with E-state index in [9.17, 15) is 95.0 Å². The number of carboxylic acids is 1. The van der Waals surface area contributed by atoms with Crippen molar-refractivity contribution in [2.24, 2.45) is 0 Å². The Bertz CT molecular complexity index is 4840. The molecule has 110 heavy (non-hydrogen) atoms. The lowest BCUT2D eigenvalue weighted by Gasteiger charge is -2.27. The lowest BCUT2D eigenvalue weighted by atomic mass is 9.81. The largest absolute Gasteiger partial charge is 0.480 e. The standard InChI is InChI=1S/C74H89F2N9O21S4/c1-72(2)59-42-57(109(98,99)100)23-25-62(59)83(32-5-7-38-107(92,93)94)64(72)27-18-52-10-9-11-53(19-28-65-73(3,4)60-43-58(110(101,102)103)24-26-63(60)84(65)33-6-8-39-108(95,96)97)69(52)106-56-21-16-49(17-22-56)40-61(70(89)90)82-66(86)30-34-104-36-37-105-35-31-79-67(87)41-50-12-14-51(15-13-50)47-80-71(91)81-54(45-77)20-29-68(88)85-48-74(75,76)44-55(85)46-78/h12-19,21-28,42-43,54-55,61H,5-11,20,29-41,44,47-48H2,1-4H3,(H8-,79,80,81,82,86,87,89,90,91,92,93,94,95,96,97,98,99,100,101,102,103)/p+1/t54-,55-,61-/m0/s1. The number of fused-ring (bicyclic) bond motifs is 2. The van der Waals surface area contributed by atoms with E-state index in [1.165, 1.54) is 24.3 Å². The molecule has 0 aromatic heterocycles. The quantitative estimate of drug-likeness (QED) is 0.0118. The van der Waals surface area contributed by atoms with Crippen molar-refractivity contribution in [3.8, 4) is 17.9 Å². The van der Waals surface area contributed by atoms with E-state index < -0.39 is 124 Å². The Morgan fingerprint density at radius 2 is 1.33 bits per heavy atom. The number of anilines is 1. The van der Waals surface area contributed by atoms with Crippen molar-refractivity contribution in [2.45, 2.75) is 162 Å². The number of carboxylic acid groups (broad SMARTS) is 1. The summed E-state index contributed by atoms with van der Waals surface area (Å²) in [5.74, 6) is -6.37. The molecule has 30 nitrogen and oxygen atoms in total. The third kappa shape index (κ3) is 24.3. The zero-order chi connectivity index (χ0) is 80.6. The average molecular weight is 1610 g/mol. The van der Waals surface area contributed by atoms with Crippen LogP contribution in [0, 0.1) is 22.7 Å². The molecule has 0 radical (unpaired) electrons. The van der Waals surface area contributed by atoms with Crippen LogP contribution in [0.15, 0.2) is 142 Å². The van der Waals surface area contributed by atoms with Crippen LogP contribution >= 0.6 is 0 Å². The summed E-state index contributed by atoms with van der Waals surface area (Å²) >= 11 is 0. The summed E-state index contributed by atoms with van der Waals surface area (Å²) in [6.45, 7) is 7.53. The van der Waals surface area contributed by atoms with Gasteiger partial charge < -0.3 is 50.4 Å². The predicted octanol–water partition coefficient (Wildman–Crippen LogP) is 7.70. The molecule has 1 saturated heterocycles. The molecule has 9 N–H and O–H groups in total. The Morgan fingerprint density at radius 3 is 1.96 bits per heavy atom. The molecular weight excluding hydrogens is 1520 g/mol. The molecule has 594 valence electrons. The van der Waals surface area contributed by atoms with E-state index >= 15 is 0 Å². The molecule has 3 aliphatic heterocycles. The average Bonchev–Trinajstić information content (AvgIpc) is 1.59. The van der Waals surface area contributed by atoms with Crippen LogP contribution in [0.5, 0.6) is 5.75 Å². The zero-order valence-electron chi connectivity index (χ0n) is 61.0. The number of rotatable bonds is 38. The van der Waals surface area contributed by atoms with Crippen molar-refractivity contribution in [3.05, 3.63) is 160 Å². The van der Waals surface area contributed by atoms with Crippen molar-refractivity contribution in [1.29, 1.82) is 10.5 Å². The van der Waals surface area contributed by atoms with Crippen LogP contribution in [-0.2, 0) is 99.3 Å². The maximum Gasteiger partial charge on any atom is 0.326 e. The van der Waals surface area contributed by atoms with Crippen LogP contribution in [-0.4, -0.2) is 190 Å². The third-order valence-corrected chi connectivity index (χ3v) is 22.4. The van der Waals surface area contributed by atoms with Crippen LogP contribution in [0.25, 0.3) is 0 Å². The molecule has 3 heterocycles. The van der Waals surface area contributed by atoms with Gasteiger partial charge in [-0.25, -0.2) is 18.4 Å². The minimum Gasteiger partial charge on any atom is -0.480 e. The third-order valence-electron chi connectivity index (χ3n) is 19.1. The van der Waals surface area contributed by atoms with E-state index in [1.807, 2.05) is 67.5 Å². The molecule has 0 bridgehead atoms. The maximum absolute atomic E-state index is 13.8. The van der Waals surface area contributed by atoms with E-state index in [0.717, 1.165) is 4.90 Å². The van der Waals surface area contributed by atoms with Gasteiger partial charge in [-0.05, 0) is 147 Å². The predicted molar refractivity (Wildman–Crippen MR) is 398 cm³/mol. The van der Waals surface area contributed by atoms with Crippen LogP contribution in [0.3, 0.4) is 0 Å². The first-order valence-corrected chi connectivity index (χ1v) is 41.5. The van der Waals surface area contributed by atoms with Gasteiger partial charge in [0, 0.05) is 86.2 Å². The first-order chi connectivity index (χ1) is 51.7. The lowest BCUT2D eigenvalue weighted by molar-refractivity contribution is -0.438. The molecule has 1 fully saturated rings. The number of hydrogen-bond donors (Lipinski definition) is 9. The summed E-state index contributed by atoms with van der Waals surface area (Å²) in [5, 5.41) is 39.2. The number of ether oxygens (including phenoxy) is 3. The fraction of sp³-hybridized carbons (Fsp3) is 0.459. The van der Waals surface area contributed by atoms with Crippen LogP contribution in [0.4, 0.5) is 25.0 Å². The summed E-state index contributed by atoms with van der Waals surface area (Å²) < 4.78 is 183. The summed E-state index contributed by atoms with van der Waals surface area (Å²) in [6.07, 6.45) is 8.17. The number of halogens is 2. The molecular formula is C74H90F2N9O21S4+. The van der Waals surface area contributed by atoms with E-state index in [0.29, 0.717) is 92.5 Å². The number of urea groups is 1. The highest BCUT2D eigenvalue weighted by Crippen LogP contribution is 2.49. The topological polar surface area (TPSA) is 456 Å². The van der Waals surface area contributed by atoms with Crippen molar-refractivity contribution < 1.29 is 109 Å². The number of benzene rings is 4. The second kappa shape index (κ2) is 37.1. The highest BCUT2D eigenvalue weighted by Gasteiger charge is 2.48. The minimum absolute atomic E-state index is 0.0335. The number of carbonyl (C=O) groups is 5. The Kier molecular flexibility index (Phi) is 29.1. The van der Waals surface area contributed by atoms with Crippen molar-refractivity contribution >= 4 is 87.3 Å². The molecule has 36 heteroatoms. The minimum atomic E-state index is -4.64. The van der Waals surface area contributed by atoms with E-state index in [1.54, 1.807) is 66.7 Å². The fourth-order valence-corrected chi connectivity index (χ4v) is 15.5. The molecule has 1 aliphatic carbocycles. The fourth-order valence-electron chi connectivity index (χ4n) is 13.4. The lowest BCUT2D eigenvalue weighted by Crippen LogP contribution is -2.42. The van der Waals surface area contributed by atoms with E-state index in [-0.39, 0.29) is 126 Å². The summed E-state index contributed by atoms with van der Waals surface area (Å²) in [5.41, 5.74) is 5.01. The van der Waals surface area contributed by atoms with E-state index in [4.69, 9.17) is 19.5 Å². The highest BCUT2D eigenvalue weighted by molar-refractivity contribution is 7.86. The molecule has 3 atom stereocenters. The number of nitrogens with zero attached hydrogens (tertiary/aromatic N) is 5. The second-order valence-electron chi connectivity index (χ2n) is 28.0. The van der Waals surface area contributed by atoms with Crippen LogP contribution < -0.4 is 30.9 Å². The first kappa shape index (κ1) is 86.3. The van der Waals surface area contributed by atoms with Gasteiger partial charge in [0.1, 0.15) is 36.2 Å². The number of unbranched alkanes of at least 4 members (excludes halogenated alkanes) is 2. The SMILES string of the molecule is CC1(C)C(/C=C/C2=C(Oc3ccc(C[C@H](NC(=O)CCOCCOCCNC(=O)Cc4ccc(CNC(=O)N[C@H](C#N)CCC(=O)N5CC(F)(F)C[C@H]5C#N)cc4)C(=O)O)cc3)C(=C/C=C3/N(CCCCS(=O)(=O)O)c4ccc(S(=O)(=O)O)cc4C3(C)C)/CCC2)=[N+](CCCCS(=O)(=O)O)c2ccc(S(=O)(=O)O)cc21. The molecule has 0 saturated carbocycles. The number of nitriles is 2. The second-order valence-corrected chi connectivity index (χ2v) is 34.0. The summed E-state index contributed by atoms with van der Waals surface area (Å²) in [4.78, 5) is 65.4. The number of aliphatic carboxylic acids is 1. The maximum atomic E-state index is 13.8.